The summed E-state index contributed by atoms with van der Waals surface area (Å²) in [5.74, 6) is -0.702. The third kappa shape index (κ3) is 3.12. The van der Waals surface area contributed by atoms with Crippen molar-refractivity contribution in [2.45, 2.75) is 11.8 Å². The highest BCUT2D eigenvalue weighted by atomic mass is 32.2. The Balaban J connectivity index is 2.38. The minimum atomic E-state index is -3.87. The summed E-state index contributed by atoms with van der Waals surface area (Å²) in [6, 6.07) is 9.80. The van der Waals surface area contributed by atoms with Crippen molar-refractivity contribution in [2.24, 2.45) is 0 Å². The maximum absolute atomic E-state index is 13.3. The normalized spacial score (nSPS) is 10.9. The van der Waals surface area contributed by atoms with Crippen molar-refractivity contribution in [3.63, 3.8) is 0 Å². The first kappa shape index (κ1) is 14.8. The number of sulfonamides is 1. The summed E-state index contributed by atoms with van der Waals surface area (Å²) < 4.78 is 40.2. The van der Waals surface area contributed by atoms with Gasteiger partial charge in [-0.25, -0.2) is 12.8 Å². The highest BCUT2D eigenvalue weighted by Gasteiger charge is 2.17. The van der Waals surface area contributed by atoms with Gasteiger partial charge in [-0.3, -0.25) is 4.72 Å². The van der Waals surface area contributed by atoms with Gasteiger partial charge in [-0.2, -0.15) is 5.26 Å². The van der Waals surface area contributed by atoms with Crippen molar-refractivity contribution in [1.82, 2.24) is 0 Å². The van der Waals surface area contributed by atoms with E-state index in [1.54, 1.807) is 6.92 Å². The number of anilines is 2. The van der Waals surface area contributed by atoms with E-state index in [0.717, 1.165) is 6.07 Å². The van der Waals surface area contributed by atoms with Gasteiger partial charge in [0.1, 0.15) is 5.82 Å². The zero-order valence-electron chi connectivity index (χ0n) is 11.1. The first-order chi connectivity index (χ1) is 9.83. The summed E-state index contributed by atoms with van der Waals surface area (Å²) >= 11 is 0. The summed E-state index contributed by atoms with van der Waals surface area (Å²) in [7, 11) is -3.87. The van der Waals surface area contributed by atoms with Gasteiger partial charge in [0, 0.05) is 6.07 Å². The lowest BCUT2D eigenvalue weighted by Gasteiger charge is -2.11. The highest BCUT2D eigenvalue weighted by molar-refractivity contribution is 7.92. The molecule has 108 valence electrons. The fraction of sp³-hybridized carbons (Fsp3) is 0.0714. The molecule has 0 aliphatic heterocycles. The molecule has 0 aliphatic rings. The second kappa shape index (κ2) is 5.42. The molecule has 2 aromatic carbocycles. The van der Waals surface area contributed by atoms with Gasteiger partial charge < -0.3 is 5.73 Å². The summed E-state index contributed by atoms with van der Waals surface area (Å²) in [5.41, 5.74) is 6.14. The average Bonchev–Trinajstić information content (AvgIpc) is 2.42. The number of aryl methyl sites for hydroxylation is 1. The van der Waals surface area contributed by atoms with Crippen LogP contribution in [0.3, 0.4) is 0 Å². The Labute approximate surface area is 121 Å². The molecule has 2 aromatic rings. The molecule has 0 aliphatic carbocycles. The number of hydrogen-bond acceptors (Lipinski definition) is 4. The van der Waals surface area contributed by atoms with Crippen molar-refractivity contribution < 1.29 is 12.8 Å². The van der Waals surface area contributed by atoms with Crippen LogP contribution in [0.5, 0.6) is 0 Å². The van der Waals surface area contributed by atoms with E-state index in [0.29, 0.717) is 11.1 Å². The third-order valence-corrected chi connectivity index (χ3v) is 4.39. The van der Waals surface area contributed by atoms with E-state index in [9.17, 15) is 12.8 Å². The summed E-state index contributed by atoms with van der Waals surface area (Å²) in [5, 5.41) is 8.78. The van der Waals surface area contributed by atoms with Crippen molar-refractivity contribution in [3.8, 4) is 6.07 Å². The van der Waals surface area contributed by atoms with Crippen LogP contribution < -0.4 is 10.5 Å². The average molecular weight is 305 g/mol. The number of nitrogens with two attached hydrogens (primary N) is 1. The van der Waals surface area contributed by atoms with Crippen molar-refractivity contribution >= 4 is 21.4 Å². The largest absolute Gasteiger partial charge is 0.396 e. The highest BCUT2D eigenvalue weighted by Crippen LogP contribution is 2.22. The Bertz CT molecular complexity index is 842. The Morgan fingerprint density at radius 1 is 1.24 bits per heavy atom. The van der Waals surface area contributed by atoms with Gasteiger partial charge >= 0.3 is 0 Å². The molecule has 0 aromatic heterocycles. The lowest BCUT2D eigenvalue weighted by molar-refractivity contribution is 0.600. The molecule has 0 amide bonds. The van der Waals surface area contributed by atoms with Crippen LogP contribution in [0.25, 0.3) is 0 Å². The number of halogens is 1. The molecule has 21 heavy (non-hydrogen) atoms. The second-order valence-corrected chi connectivity index (χ2v) is 6.08. The molecule has 5 nitrogen and oxygen atoms in total. The van der Waals surface area contributed by atoms with E-state index in [1.807, 2.05) is 6.07 Å². The van der Waals surface area contributed by atoms with Crippen molar-refractivity contribution in [3.05, 3.63) is 53.3 Å². The van der Waals surface area contributed by atoms with Crippen LogP contribution in [-0.2, 0) is 10.0 Å². The van der Waals surface area contributed by atoms with Crippen LogP contribution in [-0.4, -0.2) is 8.42 Å². The van der Waals surface area contributed by atoms with Gasteiger partial charge in [-0.05, 0) is 42.8 Å². The standard InChI is InChI=1S/C14H12FN3O2S/c1-9-6-10(8-16)2-5-14(9)21(19,20)18-11-3-4-13(17)12(15)7-11/h2-7,18H,17H2,1H3. The van der Waals surface area contributed by atoms with Crippen LogP contribution in [0.1, 0.15) is 11.1 Å². The second-order valence-electron chi connectivity index (χ2n) is 4.43. The topological polar surface area (TPSA) is 96.0 Å². The molecule has 0 atom stereocenters. The fourth-order valence-electron chi connectivity index (χ4n) is 1.82. The molecule has 0 saturated carbocycles. The number of nitrogens with one attached hydrogen (secondary N) is 1. The summed E-state index contributed by atoms with van der Waals surface area (Å²) in [6.45, 7) is 1.58. The molecular formula is C14H12FN3O2S. The zero-order chi connectivity index (χ0) is 15.6. The zero-order valence-corrected chi connectivity index (χ0v) is 11.9. The molecule has 0 unspecified atom stereocenters. The maximum atomic E-state index is 13.3. The maximum Gasteiger partial charge on any atom is 0.262 e. The van der Waals surface area contributed by atoms with Crippen molar-refractivity contribution in [1.29, 1.82) is 5.26 Å². The predicted molar refractivity (Wildman–Crippen MR) is 77.5 cm³/mol. The van der Waals surface area contributed by atoms with Crippen LogP contribution in [0.15, 0.2) is 41.3 Å². The number of nitrogen functional groups attached to an aromatic ring is 1. The number of hydrogen-bond donors (Lipinski definition) is 2. The molecule has 2 rings (SSSR count). The van der Waals surface area contributed by atoms with E-state index in [-0.39, 0.29) is 16.3 Å². The predicted octanol–water partition coefficient (Wildman–Crippen LogP) is 2.39. The molecule has 3 N–H and O–H groups in total. The molecule has 0 bridgehead atoms. The molecule has 0 radical (unpaired) electrons. The van der Waals surface area contributed by atoms with Crippen LogP contribution in [0.4, 0.5) is 15.8 Å². The SMILES string of the molecule is Cc1cc(C#N)ccc1S(=O)(=O)Nc1ccc(N)c(F)c1. The summed E-state index contributed by atoms with van der Waals surface area (Å²) in [4.78, 5) is 0.0266. The lowest BCUT2D eigenvalue weighted by Crippen LogP contribution is -2.14. The smallest absolute Gasteiger partial charge is 0.262 e. The molecule has 0 heterocycles. The number of nitrogens with zero attached hydrogens (tertiary/aromatic N) is 1. The van der Waals surface area contributed by atoms with Crippen LogP contribution in [0.2, 0.25) is 0 Å². The van der Waals surface area contributed by atoms with Crippen LogP contribution in [0, 0.1) is 24.1 Å². The first-order valence-corrected chi connectivity index (χ1v) is 7.40. The van der Waals surface area contributed by atoms with E-state index >= 15 is 0 Å². The Hall–Kier alpha value is -2.59. The first-order valence-electron chi connectivity index (χ1n) is 5.92. The van der Waals surface area contributed by atoms with Crippen molar-refractivity contribution in [2.75, 3.05) is 10.5 Å². The van der Waals surface area contributed by atoms with Gasteiger partial charge in [0.25, 0.3) is 10.0 Å². The molecular weight excluding hydrogens is 293 g/mol. The Morgan fingerprint density at radius 2 is 1.95 bits per heavy atom. The Morgan fingerprint density at radius 3 is 2.52 bits per heavy atom. The van der Waals surface area contributed by atoms with Gasteiger partial charge in [0.2, 0.25) is 0 Å². The third-order valence-electron chi connectivity index (χ3n) is 2.85. The van der Waals surface area contributed by atoms with Gasteiger partial charge in [-0.1, -0.05) is 0 Å². The van der Waals surface area contributed by atoms with Crippen LogP contribution >= 0.6 is 0 Å². The minimum Gasteiger partial charge on any atom is -0.396 e. The van der Waals surface area contributed by atoms with Gasteiger partial charge in [-0.15, -0.1) is 0 Å². The van der Waals surface area contributed by atoms with E-state index in [2.05, 4.69) is 4.72 Å². The van der Waals surface area contributed by atoms with E-state index in [1.165, 1.54) is 30.3 Å². The fourth-order valence-corrected chi connectivity index (χ4v) is 3.10. The van der Waals surface area contributed by atoms with Gasteiger partial charge in [0.05, 0.1) is 27.9 Å². The molecule has 7 heteroatoms. The van der Waals surface area contributed by atoms with Gasteiger partial charge in [0.15, 0.2) is 0 Å². The molecule has 0 saturated heterocycles. The molecule has 0 fully saturated rings. The van der Waals surface area contributed by atoms with E-state index in [4.69, 9.17) is 11.0 Å². The summed E-state index contributed by atoms with van der Waals surface area (Å²) in [6.07, 6.45) is 0. The number of benzene rings is 2. The quantitative estimate of drug-likeness (QED) is 0.851. The number of nitriles is 1. The lowest BCUT2D eigenvalue weighted by atomic mass is 10.2. The molecule has 0 spiro atoms. The van der Waals surface area contributed by atoms with E-state index < -0.39 is 15.8 Å². The monoisotopic (exact) mass is 305 g/mol. The minimum absolute atomic E-state index is 0.0266. The number of rotatable bonds is 3. The Kier molecular flexibility index (Phi) is 3.82.